The number of anilines is 1. The van der Waals surface area contributed by atoms with Gasteiger partial charge >= 0.3 is 5.97 Å². The maximum absolute atomic E-state index is 11.1. The number of nitrogens with one attached hydrogen (secondary N) is 1. The van der Waals surface area contributed by atoms with Crippen LogP contribution in [-0.4, -0.2) is 11.1 Å². The lowest BCUT2D eigenvalue weighted by Crippen LogP contribution is -2.05. The highest BCUT2D eigenvalue weighted by Gasteiger charge is 2.13. The normalized spacial score (nSPS) is 8.53. The van der Waals surface area contributed by atoms with Crippen LogP contribution in [0.25, 0.3) is 0 Å². The predicted molar refractivity (Wildman–Crippen MR) is 65.8 cm³/mol. The highest BCUT2D eigenvalue weighted by Crippen LogP contribution is 2.23. The first-order valence-electron chi connectivity index (χ1n) is 5.08. The summed E-state index contributed by atoms with van der Waals surface area (Å²) in [7, 11) is 0. The quantitative estimate of drug-likeness (QED) is 0.792. The number of hydrogen-bond donors (Lipinski definition) is 2. The van der Waals surface area contributed by atoms with Crippen LogP contribution in [0.1, 0.15) is 21.5 Å². The van der Waals surface area contributed by atoms with Crippen LogP contribution >= 0.6 is 0 Å². The molecule has 0 saturated heterocycles. The van der Waals surface area contributed by atoms with E-state index in [-0.39, 0.29) is 22.4 Å². The van der Waals surface area contributed by atoms with Crippen molar-refractivity contribution in [3.8, 4) is 18.2 Å². The third kappa shape index (κ3) is 3.09. The van der Waals surface area contributed by atoms with E-state index in [4.69, 9.17) is 20.9 Å². The van der Waals surface area contributed by atoms with Crippen molar-refractivity contribution in [1.29, 1.82) is 15.8 Å². The van der Waals surface area contributed by atoms with Crippen molar-refractivity contribution in [2.45, 2.75) is 6.92 Å². The van der Waals surface area contributed by atoms with Crippen molar-refractivity contribution >= 4 is 11.7 Å². The molecule has 0 amide bonds. The maximum atomic E-state index is 11.1. The van der Waals surface area contributed by atoms with Crippen molar-refractivity contribution in [1.82, 2.24) is 0 Å². The van der Waals surface area contributed by atoms with Gasteiger partial charge in [-0.15, -0.1) is 0 Å². The Labute approximate surface area is 109 Å². The van der Waals surface area contributed by atoms with Crippen LogP contribution in [0.3, 0.4) is 0 Å². The second-order valence-corrected chi connectivity index (χ2v) is 3.56. The molecule has 0 spiro atoms. The van der Waals surface area contributed by atoms with Crippen molar-refractivity contribution in [3.05, 3.63) is 40.6 Å². The first-order valence-corrected chi connectivity index (χ1v) is 5.08. The Kier molecular flexibility index (Phi) is 4.24. The lowest BCUT2D eigenvalue weighted by molar-refractivity contribution is 0.0698. The topological polar surface area (TPSA) is 121 Å². The summed E-state index contributed by atoms with van der Waals surface area (Å²) >= 11 is 0. The second-order valence-electron chi connectivity index (χ2n) is 3.56. The monoisotopic (exact) mass is 252 g/mol. The molecule has 6 heteroatoms. The van der Waals surface area contributed by atoms with Crippen LogP contribution < -0.4 is 5.32 Å². The lowest BCUT2D eigenvalue weighted by atomic mass is 10.0. The van der Waals surface area contributed by atoms with Crippen LogP contribution in [0.15, 0.2) is 23.9 Å². The van der Waals surface area contributed by atoms with E-state index in [1.54, 1.807) is 19.1 Å². The minimum absolute atomic E-state index is 0.0944. The Hall–Kier alpha value is -3.30. The molecule has 0 unspecified atom stereocenters. The summed E-state index contributed by atoms with van der Waals surface area (Å²) in [5.74, 6) is -1.20. The molecule has 0 aliphatic rings. The Bertz CT molecular complexity index is 668. The largest absolute Gasteiger partial charge is 0.478 e. The maximum Gasteiger partial charge on any atom is 0.337 e. The summed E-state index contributed by atoms with van der Waals surface area (Å²) in [6.45, 7) is 1.63. The fourth-order valence-corrected chi connectivity index (χ4v) is 1.45. The summed E-state index contributed by atoms with van der Waals surface area (Å²) in [6, 6.07) is 7.91. The van der Waals surface area contributed by atoms with Gasteiger partial charge in [0.1, 0.15) is 17.7 Å². The standard InChI is InChI=1S/C13H8N4O2/c1-8-2-9(4-14)3-11(13(18)19)12(8)17-7-10(5-15)6-16/h2-3,7,17H,1H3,(H,18,19). The van der Waals surface area contributed by atoms with Crippen molar-refractivity contribution in [3.63, 3.8) is 0 Å². The third-order valence-corrected chi connectivity index (χ3v) is 2.30. The average Bonchev–Trinajstić information content (AvgIpc) is 2.40. The molecule has 0 heterocycles. The van der Waals surface area contributed by atoms with Crippen molar-refractivity contribution < 1.29 is 9.90 Å². The molecular formula is C13H8N4O2. The first-order chi connectivity index (χ1) is 9.03. The molecule has 92 valence electrons. The first kappa shape index (κ1) is 13.8. The van der Waals surface area contributed by atoms with E-state index < -0.39 is 5.97 Å². The Balaban J connectivity index is 3.33. The van der Waals surface area contributed by atoms with Crippen LogP contribution in [-0.2, 0) is 0 Å². The van der Waals surface area contributed by atoms with Crippen molar-refractivity contribution in [2.24, 2.45) is 0 Å². The number of allylic oxidation sites excluding steroid dienone is 1. The van der Waals surface area contributed by atoms with Gasteiger partial charge in [0.25, 0.3) is 0 Å². The molecule has 1 aromatic carbocycles. The van der Waals surface area contributed by atoms with Gasteiger partial charge in [-0.2, -0.15) is 15.8 Å². The zero-order valence-electron chi connectivity index (χ0n) is 9.93. The smallest absolute Gasteiger partial charge is 0.337 e. The van der Waals surface area contributed by atoms with E-state index >= 15 is 0 Å². The van der Waals surface area contributed by atoms with Crippen LogP contribution in [0.2, 0.25) is 0 Å². The van der Waals surface area contributed by atoms with Crippen LogP contribution in [0, 0.1) is 40.9 Å². The summed E-state index contributed by atoms with van der Waals surface area (Å²) in [6.07, 6.45) is 1.13. The van der Waals surface area contributed by atoms with Gasteiger partial charge in [-0.25, -0.2) is 4.79 Å². The molecule has 1 aromatic rings. The molecule has 0 aliphatic heterocycles. The molecule has 2 N–H and O–H groups in total. The molecule has 0 bridgehead atoms. The number of aryl methyl sites for hydroxylation is 1. The second kappa shape index (κ2) is 5.86. The van der Waals surface area contributed by atoms with Crippen LogP contribution in [0.5, 0.6) is 0 Å². The van der Waals surface area contributed by atoms with Gasteiger partial charge in [0.05, 0.1) is 22.9 Å². The van der Waals surface area contributed by atoms with Crippen LogP contribution in [0.4, 0.5) is 5.69 Å². The summed E-state index contributed by atoms with van der Waals surface area (Å²) in [5, 5.41) is 37.7. The lowest BCUT2D eigenvalue weighted by Gasteiger charge is -2.10. The molecule has 0 radical (unpaired) electrons. The number of nitriles is 3. The fourth-order valence-electron chi connectivity index (χ4n) is 1.45. The molecule has 0 aromatic heterocycles. The van der Waals surface area contributed by atoms with Gasteiger partial charge in [0.15, 0.2) is 0 Å². The number of carboxylic acid groups (broad SMARTS) is 1. The van der Waals surface area contributed by atoms with Gasteiger partial charge in [-0.1, -0.05) is 0 Å². The van der Waals surface area contributed by atoms with Gasteiger partial charge in [-0.3, -0.25) is 0 Å². The molecule has 1 rings (SSSR count). The Morgan fingerprint density at radius 1 is 1.32 bits per heavy atom. The third-order valence-electron chi connectivity index (χ3n) is 2.30. The SMILES string of the molecule is Cc1cc(C#N)cc(C(=O)O)c1NC=C(C#N)C#N. The number of hydrogen-bond acceptors (Lipinski definition) is 5. The molecule has 0 atom stereocenters. The summed E-state index contributed by atoms with van der Waals surface area (Å²) in [5.41, 5.74) is 0.728. The number of aromatic carboxylic acids is 1. The van der Waals surface area contributed by atoms with E-state index in [2.05, 4.69) is 5.32 Å². The highest BCUT2D eigenvalue weighted by atomic mass is 16.4. The average molecular weight is 252 g/mol. The minimum Gasteiger partial charge on any atom is -0.478 e. The summed E-state index contributed by atoms with van der Waals surface area (Å²) < 4.78 is 0. The number of carbonyl (C=O) groups is 1. The molecule has 0 fully saturated rings. The van der Waals surface area contributed by atoms with Gasteiger partial charge in [0.2, 0.25) is 0 Å². The van der Waals surface area contributed by atoms with E-state index in [1.807, 2.05) is 6.07 Å². The van der Waals surface area contributed by atoms with E-state index in [1.165, 1.54) is 12.1 Å². The molecule has 0 saturated carbocycles. The molecule has 0 aliphatic carbocycles. The van der Waals surface area contributed by atoms with E-state index in [0.29, 0.717) is 5.56 Å². The van der Waals surface area contributed by atoms with E-state index in [0.717, 1.165) is 6.20 Å². The molecular weight excluding hydrogens is 244 g/mol. The minimum atomic E-state index is -1.20. The number of nitrogens with zero attached hydrogens (tertiary/aromatic N) is 3. The number of benzene rings is 1. The number of rotatable bonds is 3. The fraction of sp³-hybridized carbons (Fsp3) is 0.0769. The van der Waals surface area contributed by atoms with Crippen molar-refractivity contribution in [2.75, 3.05) is 5.32 Å². The zero-order chi connectivity index (χ0) is 14.4. The predicted octanol–water partition coefficient (Wildman–Crippen LogP) is 1.91. The number of carboxylic acids is 1. The van der Waals surface area contributed by atoms with E-state index in [9.17, 15) is 4.79 Å². The van der Waals surface area contributed by atoms with Gasteiger partial charge in [0, 0.05) is 6.20 Å². The highest BCUT2D eigenvalue weighted by molar-refractivity contribution is 5.96. The summed E-state index contributed by atoms with van der Waals surface area (Å²) in [4.78, 5) is 11.1. The molecule has 6 nitrogen and oxygen atoms in total. The van der Waals surface area contributed by atoms with Gasteiger partial charge in [-0.05, 0) is 24.6 Å². The Morgan fingerprint density at radius 2 is 1.95 bits per heavy atom. The van der Waals surface area contributed by atoms with Gasteiger partial charge < -0.3 is 10.4 Å². The molecule has 19 heavy (non-hydrogen) atoms. The zero-order valence-corrected chi connectivity index (χ0v) is 9.93. The Morgan fingerprint density at radius 3 is 2.42 bits per heavy atom.